The average molecular weight is 189 g/mol. The summed E-state index contributed by atoms with van der Waals surface area (Å²) >= 11 is 0. The van der Waals surface area contributed by atoms with Gasteiger partial charge in [0.25, 0.3) is 0 Å². The van der Waals surface area contributed by atoms with E-state index < -0.39 is 23.5 Å². The fraction of sp³-hybridized carbons (Fsp3) is 0.333. The molecule has 1 atom stereocenters. The van der Waals surface area contributed by atoms with Crippen molar-refractivity contribution in [3.05, 3.63) is 35.1 Å². The minimum Gasteiger partial charge on any atom is -0.313 e. The Balaban J connectivity index is 3.25. The van der Waals surface area contributed by atoms with Crippen LogP contribution in [0.4, 0.5) is 13.2 Å². The summed E-state index contributed by atoms with van der Waals surface area (Å²) in [6.07, 6.45) is 0. The van der Waals surface area contributed by atoms with Crippen molar-refractivity contribution in [2.75, 3.05) is 7.05 Å². The molecule has 0 radical (unpaired) electrons. The van der Waals surface area contributed by atoms with Crippen molar-refractivity contribution in [1.29, 1.82) is 0 Å². The van der Waals surface area contributed by atoms with Gasteiger partial charge in [0, 0.05) is 11.6 Å². The third kappa shape index (κ3) is 1.83. The van der Waals surface area contributed by atoms with Crippen molar-refractivity contribution in [3.63, 3.8) is 0 Å². The second kappa shape index (κ2) is 3.79. The highest BCUT2D eigenvalue weighted by molar-refractivity contribution is 5.23. The molecule has 0 heterocycles. The van der Waals surface area contributed by atoms with E-state index in [1.807, 2.05) is 0 Å². The lowest BCUT2D eigenvalue weighted by molar-refractivity contribution is 0.457. The molecule has 1 nitrogen and oxygen atoms in total. The van der Waals surface area contributed by atoms with E-state index in [1.165, 1.54) is 0 Å². The van der Waals surface area contributed by atoms with Gasteiger partial charge in [-0.25, -0.2) is 13.2 Å². The van der Waals surface area contributed by atoms with E-state index in [-0.39, 0.29) is 5.56 Å². The van der Waals surface area contributed by atoms with Crippen LogP contribution >= 0.6 is 0 Å². The van der Waals surface area contributed by atoms with Gasteiger partial charge in [0.05, 0.1) is 0 Å². The molecule has 0 amide bonds. The molecule has 0 aliphatic heterocycles. The highest BCUT2D eigenvalue weighted by Crippen LogP contribution is 2.21. The van der Waals surface area contributed by atoms with Crippen LogP contribution in [0, 0.1) is 17.5 Å². The Morgan fingerprint density at radius 3 is 2.23 bits per heavy atom. The molecule has 72 valence electrons. The van der Waals surface area contributed by atoms with Crippen LogP contribution < -0.4 is 5.32 Å². The maximum absolute atomic E-state index is 13.0. The first-order valence-electron chi connectivity index (χ1n) is 3.88. The maximum Gasteiger partial charge on any atom is 0.166 e. The topological polar surface area (TPSA) is 12.0 Å². The molecule has 0 fully saturated rings. The summed E-state index contributed by atoms with van der Waals surface area (Å²) < 4.78 is 38.8. The van der Waals surface area contributed by atoms with Gasteiger partial charge in [-0.1, -0.05) is 0 Å². The quantitative estimate of drug-likeness (QED) is 0.704. The predicted octanol–water partition coefficient (Wildman–Crippen LogP) is 2.38. The van der Waals surface area contributed by atoms with E-state index in [0.29, 0.717) is 0 Å². The summed E-state index contributed by atoms with van der Waals surface area (Å²) in [5.41, 5.74) is -0.262. The van der Waals surface area contributed by atoms with Crippen LogP contribution in [0.5, 0.6) is 0 Å². The first kappa shape index (κ1) is 10.1. The largest absolute Gasteiger partial charge is 0.313 e. The summed E-state index contributed by atoms with van der Waals surface area (Å²) in [6, 6.07) is 1.15. The van der Waals surface area contributed by atoms with Crippen LogP contribution in [0.25, 0.3) is 0 Å². The molecule has 1 rings (SSSR count). The third-order valence-electron chi connectivity index (χ3n) is 1.95. The number of hydrogen-bond acceptors (Lipinski definition) is 1. The van der Waals surface area contributed by atoms with Gasteiger partial charge in [-0.05, 0) is 26.1 Å². The van der Waals surface area contributed by atoms with Gasteiger partial charge in [-0.15, -0.1) is 0 Å². The Hall–Kier alpha value is -1.03. The van der Waals surface area contributed by atoms with Crippen molar-refractivity contribution >= 4 is 0 Å². The first-order chi connectivity index (χ1) is 6.07. The van der Waals surface area contributed by atoms with Crippen molar-refractivity contribution in [3.8, 4) is 0 Å². The highest BCUT2D eigenvalue weighted by atomic mass is 19.2. The van der Waals surface area contributed by atoms with E-state index in [2.05, 4.69) is 5.32 Å². The monoisotopic (exact) mass is 189 g/mol. The van der Waals surface area contributed by atoms with Crippen LogP contribution in [-0.2, 0) is 0 Å². The van der Waals surface area contributed by atoms with Crippen LogP contribution in [0.3, 0.4) is 0 Å². The van der Waals surface area contributed by atoms with Crippen LogP contribution in [0.15, 0.2) is 12.1 Å². The van der Waals surface area contributed by atoms with Gasteiger partial charge in [0.2, 0.25) is 0 Å². The molecule has 0 aliphatic carbocycles. The summed E-state index contributed by atoms with van der Waals surface area (Å²) in [5.74, 6) is -2.89. The van der Waals surface area contributed by atoms with Gasteiger partial charge in [0.1, 0.15) is 5.82 Å². The lowest BCUT2D eigenvalue weighted by Gasteiger charge is -2.12. The molecule has 4 heteroatoms. The summed E-state index contributed by atoms with van der Waals surface area (Å²) in [4.78, 5) is 0. The smallest absolute Gasteiger partial charge is 0.166 e. The molecule has 0 saturated heterocycles. The molecule has 0 aromatic heterocycles. The average Bonchev–Trinajstić information content (AvgIpc) is 2.12. The number of nitrogens with one attached hydrogen (secondary N) is 1. The molecule has 0 spiro atoms. The second-order valence-electron chi connectivity index (χ2n) is 2.77. The van der Waals surface area contributed by atoms with Crippen LogP contribution in [-0.4, -0.2) is 7.05 Å². The van der Waals surface area contributed by atoms with E-state index in [0.717, 1.165) is 12.1 Å². The fourth-order valence-corrected chi connectivity index (χ4v) is 1.08. The summed E-state index contributed by atoms with van der Waals surface area (Å²) in [7, 11) is 1.55. The lowest BCUT2D eigenvalue weighted by Crippen LogP contribution is -2.16. The SMILES string of the molecule is CN[C@H](C)c1c(F)ccc(F)c1F. The molecule has 0 bridgehead atoms. The standard InChI is InChI=1S/C9H10F3N/c1-5(13-2)8-6(10)3-4-7(11)9(8)12/h3-5,13H,1-2H3/t5-/m1/s1. The number of hydrogen-bond donors (Lipinski definition) is 1. The summed E-state index contributed by atoms with van der Waals surface area (Å²) in [6.45, 7) is 1.56. The Bertz CT molecular complexity index is 312. The Labute approximate surface area is 74.6 Å². The number of halogens is 3. The van der Waals surface area contributed by atoms with Gasteiger partial charge in [-0.3, -0.25) is 0 Å². The normalized spacial score (nSPS) is 13.0. The molecular formula is C9H10F3N. The zero-order valence-electron chi connectivity index (χ0n) is 7.37. The van der Waals surface area contributed by atoms with Crippen LogP contribution in [0.1, 0.15) is 18.5 Å². The van der Waals surface area contributed by atoms with Crippen molar-refractivity contribution < 1.29 is 13.2 Å². The molecule has 0 unspecified atom stereocenters. The van der Waals surface area contributed by atoms with Gasteiger partial charge in [-0.2, -0.15) is 0 Å². The Morgan fingerprint density at radius 2 is 1.69 bits per heavy atom. The molecule has 0 aliphatic rings. The third-order valence-corrected chi connectivity index (χ3v) is 1.95. The molecular weight excluding hydrogens is 179 g/mol. The van der Waals surface area contributed by atoms with Crippen molar-refractivity contribution in [1.82, 2.24) is 5.32 Å². The first-order valence-corrected chi connectivity index (χ1v) is 3.88. The minimum absolute atomic E-state index is 0.262. The maximum atomic E-state index is 13.0. The van der Waals surface area contributed by atoms with E-state index in [9.17, 15) is 13.2 Å². The van der Waals surface area contributed by atoms with E-state index in [1.54, 1.807) is 14.0 Å². The molecule has 13 heavy (non-hydrogen) atoms. The fourth-order valence-electron chi connectivity index (χ4n) is 1.08. The highest BCUT2D eigenvalue weighted by Gasteiger charge is 2.17. The molecule has 1 aromatic carbocycles. The zero-order chi connectivity index (χ0) is 10.0. The van der Waals surface area contributed by atoms with E-state index in [4.69, 9.17) is 0 Å². The zero-order valence-corrected chi connectivity index (χ0v) is 7.37. The number of benzene rings is 1. The van der Waals surface area contributed by atoms with Crippen LogP contribution in [0.2, 0.25) is 0 Å². The Kier molecular flexibility index (Phi) is 2.93. The van der Waals surface area contributed by atoms with Crippen molar-refractivity contribution in [2.45, 2.75) is 13.0 Å². The predicted molar refractivity (Wildman–Crippen MR) is 43.8 cm³/mol. The van der Waals surface area contributed by atoms with Gasteiger partial charge in [0.15, 0.2) is 11.6 Å². The minimum atomic E-state index is -1.12. The van der Waals surface area contributed by atoms with Gasteiger partial charge >= 0.3 is 0 Å². The molecule has 0 saturated carbocycles. The second-order valence-corrected chi connectivity index (χ2v) is 2.77. The number of rotatable bonds is 2. The van der Waals surface area contributed by atoms with Crippen molar-refractivity contribution in [2.24, 2.45) is 0 Å². The molecule has 1 N–H and O–H groups in total. The Morgan fingerprint density at radius 1 is 1.15 bits per heavy atom. The lowest BCUT2D eigenvalue weighted by atomic mass is 10.1. The summed E-state index contributed by atoms with van der Waals surface area (Å²) in [5, 5.41) is 2.64. The van der Waals surface area contributed by atoms with Gasteiger partial charge < -0.3 is 5.32 Å². The van der Waals surface area contributed by atoms with E-state index >= 15 is 0 Å². The molecule has 1 aromatic rings.